The van der Waals surface area contributed by atoms with Gasteiger partial charge in [-0.1, -0.05) is 6.08 Å². The zero-order chi connectivity index (χ0) is 12.0. The first-order valence-electron chi connectivity index (χ1n) is 4.44. The van der Waals surface area contributed by atoms with Crippen molar-refractivity contribution in [2.24, 2.45) is 0 Å². The highest BCUT2D eigenvalue weighted by Gasteiger charge is 2.16. The Morgan fingerprint density at radius 2 is 2.31 bits per heavy atom. The predicted molar refractivity (Wildman–Crippen MR) is 52.2 cm³/mol. The SMILES string of the molecule is C=CCN(CC(=O)O)C(=O)Cn1cnnn1. The molecule has 0 saturated heterocycles. The van der Waals surface area contributed by atoms with Gasteiger partial charge in [-0.3, -0.25) is 9.59 Å². The van der Waals surface area contributed by atoms with E-state index in [4.69, 9.17) is 5.11 Å². The maximum atomic E-state index is 11.6. The smallest absolute Gasteiger partial charge is 0.323 e. The molecule has 0 aliphatic carbocycles. The number of rotatable bonds is 6. The highest BCUT2D eigenvalue weighted by molar-refractivity contribution is 5.81. The van der Waals surface area contributed by atoms with Crippen molar-refractivity contribution in [3.63, 3.8) is 0 Å². The van der Waals surface area contributed by atoms with E-state index < -0.39 is 5.97 Å². The fourth-order valence-corrected chi connectivity index (χ4v) is 1.06. The van der Waals surface area contributed by atoms with Gasteiger partial charge in [0.25, 0.3) is 0 Å². The van der Waals surface area contributed by atoms with Gasteiger partial charge >= 0.3 is 5.97 Å². The average molecular weight is 225 g/mol. The molecule has 1 N–H and O–H groups in total. The fraction of sp³-hybridized carbons (Fsp3) is 0.375. The number of amides is 1. The van der Waals surface area contributed by atoms with E-state index in [0.29, 0.717) is 0 Å². The number of aliphatic carboxylic acids is 1. The molecule has 1 aromatic heterocycles. The van der Waals surface area contributed by atoms with E-state index in [1.165, 1.54) is 17.1 Å². The number of nitrogens with zero attached hydrogens (tertiary/aromatic N) is 5. The molecule has 8 heteroatoms. The number of carbonyl (C=O) groups is 2. The molecule has 0 aliphatic rings. The molecule has 1 amide bonds. The molecule has 1 rings (SSSR count). The van der Waals surface area contributed by atoms with Crippen LogP contribution in [0.5, 0.6) is 0 Å². The zero-order valence-corrected chi connectivity index (χ0v) is 8.48. The van der Waals surface area contributed by atoms with E-state index in [-0.39, 0.29) is 25.5 Å². The third-order valence-corrected chi connectivity index (χ3v) is 1.72. The van der Waals surface area contributed by atoms with Gasteiger partial charge in [-0.05, 0) is 10.4 Å². The molecule has 8 nitrogen and oxygen atoms in total. The van der Waals surface area contributed by atoms with Gasteiger partial charge in [0.2, 0.25) is 5.91 Å². The summed E-state index contributed by atoms with van der Waals surface area (Å²) in [5.41, 5.74) is 0. The minimum atomic E-state index is -1.08. The Hall–Kier alpha value is -2.25. The Kier molecular flexibility index (Phi) is 4.13. The van der Waals surface area contributed by atoms with Crippen LogP contribution in [0, 0.1) is 0 Å². The molecule has 0 bridgehead atoms. The second kappa shape index (κ2) is 5.59. The first kappa shape index (κ1) is 11.8. The Morgan fingerprint density at radius 1 is 1.56 bits per heavy atom. The first-order chi connectivity index (χ1) is 7.63. The second-order valence-corrected chi connectivity index (χ2v) is 2.96. The largest absolute Gasteiger partial charge is 0.480 e. The molecule has 1 aromatic rings. The molecule has 1 heterocycles. The Morgan fingerprint density at radius 3 is 2.81 bits per heavy atom. The zero-order valence-electron chi connectivity index (χ0n) is 8.48. The quantitative estimate of drug-likeness (QED) is 0.608. The third kappa shape index (κ3) is 3.48. The minimum absolute atomic E-state index is 0.0892. The van der Waals surface area contributed by atoms with Crippen LogP contribution in [-0.4, -0.2) is 55.2 Å². The van der Waals surface area contributed by atoms with Crippen molar-refractivity contribution < 1.29 is 14.7 Å². The predicted octanol–water partition coefficient (Wildman–Crippen LogP) is -1.23. The lowest BCUT2D eigenvalue weighted by atomic mass is 10.4. The van der Waals surface area contributed by atoms with E-state index in [1.807, 2.05) is 0 Å². The standard InChI is InChI=1S/C8H11N5O3/c1-2-3-12(5-8(15)16)7(14)4-13-6-9-10-11-13/h2,6H,1,3-5H2,(H,15,16). The number of hydrogen-bond donors (Lipinski definition) is 1. The van der Waals surface area contributed by atoms with E-state index in [2.05, 4.69) is 22.1 Å². The molecule has 16 heavy (non-hydrogen) atoms. The highest BCUT2D eigenvalue weighted by Crippen LogP contribution is 1.93. The first-order valence-corrected chi connectivity index (χ1v) is 4.44. The Balaban J connectivity index is 2.59. The topological polar surface area (TPSA) is 101 Å². The van der Waals surface area contributed by atoms with E-state index >= 15 is 0 Å². The molecule has 86 valence electrons. The summed E-state index contributed by atoms with van der Waals surface area (Å²) in [4.78, 5) is 23.3. The number of carbonyl (C=O) groups excluding carboxylic acids is 1. The molecule has 0 atom stereocenters. The van der Waals surface area contributed by atoms with Crippen LogP contribution in [0.15, 0.2) is 19.0 Å². The lowest BCUT2D eigenvalue weighted by Crippen LogP contribution is -2.38. The van der Waals surface area contributed by atoms with Gasteiger partial charge in [-0.25, -0.2) is 4.68 Å². The van der Waals surface area contributed by atoms with Crippen molar-refractivity contribution >= 4 is 11.9 Å². The van der Waals surface area contributed by atoms with E-state index in [1.54, 1.807) is 0 Å². The lowest BCUT2D eigenvalue weighted by molar-refractivity contribution is -0.144. The van der Waals surface area contributed by atoms with Crippen LogP contribution < -0.4 is 0 Å². The Bertz CT molecular complexity index is 375. The van der Waals surface area contributed by atoms with Crippen LogP contribution in [0.2, 0.25) is 0 Å². The molecular weight excluding hydrogens is 214 g/mol. The molecule has 0 saturated carbocycles. The molecule has 0 aliphatic heterocycles. The van der Waals surface area contributed by atoms with Gasteiger partial charge in [-0.15, -0.1) is 11.7 Å². The van der Waals surface area contributed by atoms with Gasteiger partial charge < -0.3 is 10.0 Å². The molecular formula is C8H11N5O3. The van der Waals surface area contributed by atoms with Gasteiger partial charge in [0, 0.05) is 6.54 Å². The van der Waals surface area contributed by atoms with E-state index in [9.17, 15) is 9.59 Å². The number of hydrogen-bond acceptors (Lipinski definition) is 5. The van der Waals surface area contributed by atoms with Crippen LogP contribution in [-0.2, 0) is 16.1 Å². The summed E-state index contributed by atoms with van der Waals surface area (Å²) in [6.45, 7) is 3.17. The maximum absolute atomic E-state index is 11.6. The monoisotopic (exact) mass is 225 g/mol. The summed E-state index contributed by atoms with van der Waals surface area (Å²) in [7, 11) is 0. The molecule has 0 radical (unpaired) electrons. The van der Waals surface area contributed by atoms with Crippen molar-refractivity contribution in [1.29, 1.82) is 0 Å². The van der Waals surface area contributed by atoms with Crippen molar-refractivity contribution in [2.45, 2.75) is 6.54 Å². The lowest BCUT2D eigenvalue weighted by Gasteiger charge is -2.18. The van der Waals surface area contributed by atoms with Crippen molar-refractivity contribution in [3.05, 3.63) is 19.0 Å². The maximum Gasteiger partial charge on any atom is 0.323 e. The third-order valence-electron chi connectivity index (χ3n) is 1.72. The summed E-state index contributed by atoms with van der Waals surface area (Å²) in [6, 6.07) is 0. The van der Waals surface area contributed by atoms with Crippen molar-refractivity contribution in [3.8, 4) is 0 Å². The highest BCUT2D eigenvalue weighted by atomic mass is 16.4. The van der Waals surface area contributed by atoms with Gasteiger partial charge in [0.15, 0.2) is 0 Å². The van der Waals surface area contributed by atoms with E-state index in [0.717, 1.165) is 4.90 Å². The normalized spacial score (nSPS) is 9.75. The molecule has 0 unspecified atom stereocenters. The number of carboxylic acids is 1. The minimum Gasteiger partial charge on any atom is -0.480 e. The summed E-state index contributed by atoms with van der Waals surface area (Å²) < 4.78 is 1.22. The van der Waals surface area contributed by atoms with Gasteiger partial charge in [-0.2, -0.15) is 0 Å². The van der Waals surface area contributed by atoms with Gasteiger partial charge in [0.1, 0.15) is 19.4 Å². The van der Waals surface area contributed by atoms with Crippen LogP contribution in [0.4, 0.5) is 0 Å². The fourth-order valence-electron chi connectivity index (χ4n) is 1.06. The summed E-state index contributed by atoms with van der Waals surface area (Å²) >= 11 is 0. The summed E-state index contributed by atoms with van der Waals surface area (Å²) in [5.74, 6) is -1.46. The number of carboxylic acid groups (broad SMARTS) is 1. The molecule has 0 fully saturated rings. The van der Waals surface area contributed by atoms with Crippen LogP contribution >= 0.6 is 0 Å². The molecule has 0 spiro atoms. The van der Waals surface area contributed by atoms with Crippen molar-refractivity contribution in [2.75, 3.05) is 13.1 Å². The molecule has 0 aromatic carbocycles. The summed E-state index contributed by atoms with van der Waals surface area (Å²) in [6.07, 6.45) is 2.74. The van der Waals surface area contributed by atoms with Crippen LogP contribution in [0.1, 0.15) is 0 Å². The summed E-state index contributed by atoms with van der Waals surface area (Å²) in [5, 5.41) is 18.9. The second-order valence-electron chi connectivity index (χ2n) is 2.96. The Labute approximate surface area is 91.2 Å². The van der Waals surface area contributed by atoms with Crippen molar-refractivity contribution in [1.82, 2.24) is 25.1 Å². The average Bonchev–Trinajstić information content (AvgIpc) is 2.69. The van der Waals surface area contributed by atoms with Crippen LogP contribution in [0.25, 0.3) is 0 Å². The van der Waals surface area contributed by atoms with Gasteiger partial charge in [0.05, 0.1) is 0 Å². The van der Waals surface area contributed by atoms with Crippen LogP contribution in [0.3, 0.4) is 0 Å². The number of aromatic nitrogens is 4. The number of tetrazole rings is 1.